The first kappa shape index (κ1) is 14.8. The lowest BCUT2D eigenvalue weighted by Crippen LogP contribution is -2.27. The Balaban J connectivity index is 2.10. The first-order valence-electron chi connectivity index (χ1n) is 6.30. The fourth-order valence-corrected chi connectivity index (χ4v) is 1.88. The Morgan fingerprint density at radius 3 is 2.71 bits per heavy atom. The quantitative estimate of drug-likeness (QED) is 0.935. The number of hydrogen-bond acceptors (Lipinski definition) is 4. The second kappa shape index (κ2) is 6.21. The van der Waals surface area contributed by atoms with Gasteiger partial charge in [-0.15, -0.1) is 0 Å². The molecule has 1 aromatic carbocycles. The largest absolute Gasteiger partial charge is 0.494 e. The third kappa shape index (κ3) is 3.47. The van der Waals surface area contributed by atoms with Crippen LogP contribution in [0.15, 0.2) is 36.5 Å². The van der Waals surface area contributed by atoms with Crippen molar-refractivity contribution in [3.8, 4) is 5.75 Å². The zero-order chi connectivity index (χ0) is 15.4. The van der Waals surface area contributed by atoms with E-state index in [1.54, 1.807) is 25.2 Å². The van der Waals surface area contributed by atoms with Crippen molar-refractivity contribution >= 4 is 11.6 Å². The van der Waals surface area contributed by atoms with Gasteiger partial charge in [-0.1, -0.05) is 6.07 Å². The van der Waals surface area contributed by atoms with E-state index in [0.717, 1.165) is 0 Å². The standard InChI is InChI=1S/C15H16FN3O2/c1-19(15(20)13-5-4-11(17)8-18-13)9-10-3-6-14(21-2)12(16)7-10/h3-8H,9,17H2,1-2H3. The number of nitrogens with zero attached hydrogens (tertiary/aromatic N) is 2. The summed E-state index contributed by atoms with van der Waals surface area (Å²) in [6.45, 7) is 0.270. The van der Waals surface area contributed by atoms with Crippen molar-refractivity contribution in [2.24, 2.45) is 0 Å². The molecule has 2 N–H and O–H groups in total. The topological polar surface area (TPSA) is 68.5 Å². The molecule has 0 aliphatic heterocycles. The van der Waals surface area contributed by atoms with Crippen LogP contribution in [0, 0.1) is 5.82 Å². The molecule has 0 bridgehead atoms. The number of methoxy groups -OCH3 is 1. The van der Waals surface area contributed by atoms with E-state index in [1.165, 1.54) is 30.3 Å². The van der Waals surface area contributed by atoms with Crippen LogP contribution in [0.25, 0.3) is 0 Å². The van der Waals surface area contributed by atoms with Crippen LogP contribution < -0.4 is 10.5 Å². The van der Waals surface area contributed by atoms with Crippen LogP contribution in [-0.2, 0) is 6.54 Å². The number of benzene rings is 1. The number of nitrogens with two attached hydrogens (primary N) is 1. The van der Waals surface area contributed by atoms with Crippen LogP contribution in [0.1, 0.15) is 16.1 Å². The molecule has 6 heteroatoms. The van der Waals surface area contributed by atoms with Gasteiger partial charge in [0, 0.05) is 13.6 Å². The van der Waals surface area contributed by atoms with Crippen molar-refractivity contribution < 1.29 is 13.9 Å². The summed E-state index contributed by atoms with van der Waals surface area (Å²) in [5.41, 5.74) is 6.98. The summed E-state index contributed by atoms with van der Waals surface area (Å²) in [5.74, 6) is -0.541. The normalized spacial score (nSPS) is 10.2. The minimum absolute atomic E-state index is 0.174. The maximum atomic E-state index is 13.6. The molecule has 110 valence electrons. The van der Waals surface area contributed by atoms with Crippen LogP contribution in [0.4, 0.5) is 10.1 Å². The highest BCUT2D eigenvalue weighted by atomic mass is 19.1. The summed E-state index contributed by atoms with van der Waals surface area (Å²) in [5, 5.41) is 0. The van der Waals surface area contributed by atoms with Gasteiger partial charge in [0.15, 0.2) is 11.6 Å². The zero-order valence-corrected chi connectivity index (χ0v) is 11.8. The Hall–Kier alpha value is -2.63. The SMILES string of the molecule is COc1ccc(CN(C)C(=O)c2ccc(N)cn2)cc1F. The number of hydrogen-bond donors (Lipinski definition) is 1. The molecule has 0 radical (unpaired) electrons. The summed E-state index contributed by atoms with van der Waals surface area (Å²) in [6.07, 6.45) is 1.42. The molecule has 0 aliphatic carbocycles. The lowest BCUT2D eigenvalue weighted by Gasteiger charge is -2.17. The molecular formula is C15H16FN3O2. The van der Waals surface area contributed by atoms with E-state index in [-0.39, 0.29) is 18.2 Å². The molecular weight excluding hydrogens is 273 g/mol. The van der Waals surface area contributed by atoms with Gasteiger partial charge in [-0.2, -0.15) is 0 Å². The monoisotopic (exact) mass is 289 g/mol. The number of pyridine rings is 1. The first-order valence-corrected chi connectivity index (χ1v) is 6.30. The third-order valence-electron chi connectivity index (χ3n) is 2.99. The first-order chi connectivity index (χ1) is 10.0. The van der Waals surface area contributed by atoms with Gasteiger partial charge < -0.3 is 15.4 Å². The van der Waals surface area contributed by atoms with Crippen LogP contribution >= 0.6 is 0 Å². The van der Waals surface area contributed by atoms with Gasteiger partial charge in [-0.25, -0.2) is 9.37 Å². The third-order valence-corrected chi connectivity index (χ3v) is 2.99. The van der Waals surface area contributed by atoms with E-state index in [1.807, 2.05) is 0 Å². The number of anilines is 1. The van der Waals surface area contributed by atoms with Gasteiger partial charge in [-0.05, 0) is 29.8 Å². The van der Waals surface area contributed by atoms with E-state index >= 15 is 0 Å². The average Bonchev–Trinajstić information content (AvgIpc) is 2.47. The van der Waals surface area contributed by atoms with Gasteiger partial charge in [0.2, 0.25) is 0 Å². The molecule has 5 nitrogen and oxygen atoms in total. The summed E-state index contributed by atoms with van der Waals surface area (Å²) < 4.78 is 18.5. The molecule has 0 aliphatic rings. The number of nitrogen functional groups attached to an aromatic ring is 1. The Labute approximate surface area is 122 Å². The number of carbonyl (C=O) groups excluding carboxylic acids is 1. The second-order valence-corrected chi connectivity index (χ2v) is 4.61. The summed E-state index contributed by atoms with van der Waals surface area (Å²) in [4.78, 5) is 17.6. The lowest BCUT2D eigenvalue weighted by molar-refractivity contribution is 0.0779. The van der Waals surface area contributed by atoms with Gasteiger partial charge in [0.25, 0.3) is 5.91 Å². The molecule has 2 aromatic rings. The highest BCUT2D eigenvalue weighted by Crippen LogP contribution is 2.18. The number of rotatable bonds is 4. The lowest BCUT2D eigenvalue weighted by atomic mass is 10.2. The Morgan fingerprint density at radius 2 is 2.14 bits per heavy atom. The maximum absolute atomic E-state index is 13.6. The summed E-state index contributed by atoms with van der Waals surface area (Å²) >= 11 is 0. The van der Waals surface area contributed by atoms with Crippen LogP contribution in [0.2, 0.25) is 0 Å². The number of carbonyl (C=O) groups is 1. The fourth-order valence-electron chi connectivity index (χ4n) is 1.88. The van der Waals surface area contributed by atoms with E-state index in [0.29, 0.717) is 16.9 Å². The Morgan fingerprint density at radius 1 is 1.38 bits per heavy atom. The highest BCUT2D eigenvalue weighted by Gasteiger charge is 2.14. The van der Waals surface area contributed by atoms with E-state index < -0.39 is 5.82 Å². The maximum Gasteiger partial charge on any atom is 0.272 e. The number of aromatic nitrogens is 1. The molecule has 0 spiro atoms. The predicted molar refractivity (Wildman–Crippen MR) is 77.4 cm³/mol. The highest BCUT2D eigenvalue weighted by molar-refractivity contribution is 5.92. The van der Waals surface area contributed by atoms with Crippen molar-refractivity contribution in [3.05, 3.63) is 53.6 Å². The van der Waals surface area contributed by atoms with E-state index in [2.05, 4.69) is 4.98 Å². The van der Waals surface area contributed by atoms with E-state index in [4.69, 9.17) is 10.5 Å². The van der Waals surface area contributed by atoms with Crippen molar-refractivity contribution in [3.63, 3.8) is 0 Å². The molecule has 21 heavy (non-hydrogen) atoms. The number of ether oxygens (including phenoxy) is 1. The van der Waals surface area contributed by atoms with Crippen molar-refractivity contribution in [1.82, 2.24) is 9.88 Å². The van der Waals surface area contributed by atoms with E-state index in [9.17, 15) is 9.18 Å². The van der Waals surface area contributed by atoms with Gasteiger partial charge in [-0.3, -0.25) is 4.79 Å². The number of amides is 1. The molecule has 1 aromatic heterocycles. The van der Waals surface area contributed by atoms with Crippen LogP contribution in [0.5, 0.6) is 5.75 Å². The van der Waals surface area contributed by atoms with Gasteiger partial charge in [0.05, 0.1) is 19.0 Å². The molecule has 0 atom stereocenters. The average molecular weight is 289 g/mol. The minimum atomic E-state index is -0.457. The second-order valence-electron chi connectivity index (χ2n) is 4.61. The van der Waals surface area contributed by atoms with Crippen LogP contribution in [-0.4, -0.2) is 29.9 Å². The summed E-state index contributed by atoms with van der Waals surface area (Å²) in [6, 6.07) is 7.76. The molecule has 0 saturated heterocycles. The van der Waals surface area contributed by atoms with Crippen LogP contribution in [0.3, 0.4) is 0 Å². The zero-order valence-electron chi connectivity index (χ0n) is 11.8. The Bertz CT molecular complexity index is 644. The van der Waals surface area contributed by atoms with Gasteiger partial charge >= 0.3 is 0 Å². The molecule has 1 amide bonds. The molecule has 0 saturated carbocycles. The molecule has 1 heterocycles. The Kier molecular flexibility index (Phi) is 4.37. The van der Waals surface area contributed by atoms with Crippen molar-refractivity contribution in [2.45, 2.75) is 6.54 Å². The smallest absolute Gasteiger partial charge is 0.272 e. The minimum Gasteiger partial charge on any atom is -0.494 e. The number of halogens is 1. The summed E-state index contributed by atoms with van der Waals surface area (Å²) in [7, 11) is 3.03. The predicted octanol–water partition coefficient (Wildman–Crippen LogP) is 2.08. The molecule has 0 unspecified atom stereocenters. The van der Waals surface area contributed by atoms with Crippen molar-refractivity contribution in [2.75, 3.05) is 19.9 Å². The van der Waals surface area contributed by atoms with Crippen molar-refractivity contribution in [1.29, 1.82) is 0 Å². The molecule has 0 fully saturated rings. The fraction of sp³-hybridized carbons (Fsp3) is 0.200. The van der Waals surface area contributed by atoms with Gasteiger partial charge in [0.1, 0.15) is 5.69 Å². The molecule has 2 rings (SSSR count).